The van der Waals surface area contributed by atoms with Crippen molar-refractivity contribution in [2.45, 2.75) is 13.3 Å². The van der Waals surface area contributed by atoms with Gasteiger partial charge in [0.05, 0.1) is 12.8 Å². The standard InChI is InChI=1S/C11H13F2N3OS/c1-2-3-17-9-5-7(4-8(12)10(9)13)6-15-16-11(14)18/h4-6H,2-3H2,1H3,(H3,14,16,18). The third-order valence-corrected chi connectivity index (χ3v) is 1.96. The van der Waals surface area contributed by atoms with E-state index in [1.54, 1.807) is 0 Å². The van der Waals surface area contributed by atoms with Crippen molar-refractivity contribution >= 4 is 23.5 Å². The fourth-order valence-electron chi connectivity index (χ4n) is 1.15. The Morgan fingerprint density at radius 1 is 1.56 bits per heavy atom. The molecule has 0 aliphatic rings. The molecular weight excluding hydrogens is 260 g/mol. The monoisotopic (exact) mass is 273 g/mol. The van der Waals surface area contributed by atoms with Crippen LogP contribution < -0.4 is 15.9 Å². The predicted molar refractivity (Wildman–Crippen MR) is 69.7 cm³/mol. The molecule has 0 aliphatic heterocycles. The minimum atomic E-state index is -1.01. The number of rotatable bonds is 5. The molecule has 0 fully saturated rings. The molecule has 0 saturated heterocycles. The van der Waals surface area contributed by atoms with Crippen LogP contribution in [0.1, 0.15) is 18.9 Å². The first-order valence-electron chi connectivity index (χ1n) is 5.25. The molecule has 0 heterocycles. The number of nitrogens with one attached hydrogen (secondary N) is 1. The summed E-state index contributed by atoms with van der Waals surface area (Å²) in [6, 6.07) is 2.34. The minimum absolute atomic E-state index is 0.0173. The summed E-state index contributed by atoms with van der Waals surface area (Å²) in [6.45, 7) is 2.17. The Balaban J connectivity index is 2.89. The van der Waals surface area contributed by atoms with Crippen molar-refractivity contribution < 1.29 is 13.5 Å². The molecule has 98 valence electrons. The molecule has 0 spiro atoms. The Hall–Kier alpha value is -1.76. The van der Waals surface area contributed by atoms with Crippen molar-refractivity contribution in [3.8, 4) is 5.75 Å². The number of benzene rings is 1. The van der Waals surface area contributed by atoms with Gasteiger partial charge in [-0.1, -0.05) is 6.92 Å². The first-order chi connectivity index (χ1) is 8.54. The van der Waals surface area contributed by atoms with Crippen molar-refractivity contribution in [2.75, 3.05) is 6.61 Å². The third-order valence-electron chi connectivity index (χ3n) is 1.87. The van der Waals surface area contributed by atoms with Crippen LogP contribution in [0.25, 0.3) is 0 Å². The average Bonchev–Trinajstić information content (AvgIpc) is 2.31. The van der Waals surface area contributed by atoms with Crippen molar-refractivity contribution in [3.63, 3.8) is 0 Å². The zero-order chi connectivity index (χ0) is 13.5. The first-order valence-corrected chi connectivity index (χ1v) is 5.65. The molecule has 0 bridgehead atoms. The van der Waals surface area contributed by atoms with E-state index in [9.17, 15) is 8.78 Å². The Kier molecular flexibility index (Phi) is 5.44. The number of nitrogens with two attached hydrogens (primary N) is 1. The van der Waals surface area contributed by atoms with Crippen LogP contribution in [-0.2, 0) is 0 Å². The van der Waals surface area contributed by atoms with Gasteiger partial charge in [0.2, 0.25) is 5.82 Å². The highest BCUT2D eigenvalue weighted by Gasteiger charge is 2.11. The number of halogens is 2. The fraction of sp³-hybridized carbons (Fsp3) is 0.273. The number of hydrogen-bond acceptors (Lipinski definition) is 3. The Labute approximate surface area is 109 Å². The Morgan fingerprint density at radius 2 is 2.28 bits per heavy atom. The zero-order valence-corrected chi connectivity index (χ0v) is 10.6. The quantitative estimate of drug-likeness (QED) is 0.489. The van der Waals surface area contributed by atoms with Crippen LogP contribution in [0.3, 0.4) is 0 Å². The molecule has 7 heteroatoms. The second-order valence-electron chi connectivity index (χ2n) is 3.40. The number of hydrogen-bond donors (Lipinski definition) is 2. The van der Waals surface area contributed by atoms with Crippen LogP contribution in [0.4, 0.5) is 8.78 Å². The zero-order valence-electron chi connectivity index (χ0n) is 9.74. The highest BCUT2D eigenvalue weighted by atomic mass is 32.1. The molecule has 18 heavy (non-hydrogen) atoms. The first kappa shape index (κ1) is 14.3. The molecule has 0 aromatic heterocycles. The maximum absolute atomic E-state index is 13.4. The number of hydrazone groups is 1. The number of ether oxygens (including phenoxy) is 1. The Morgan fingerprint density at radius 3 is 2.89 bits per heavy atom. The van der Waals surface area contributed by atoms with Crippen LogP contribution in [0.15, 0.2) is 17.2 Å². The van der Waals surface area contributed by atoms with E-state index in [2.05, 4.69) is 22.7 Å². The van der Waals surface area contributed by atoms with E-state index in [1.807, 2.05) is 6.92 Å². The van der Waals surface area contributed by atoms with E-state index in [4.69, 9.17) is 10.5 Å². The van der Waals surface area contributed by atoms with Crippen molar-refractivity contribution in [2.24, 2.45) is 10.8 Å². The highest BCUT2D eigenvalue weighted by Crippen LogP contribution is 2.21. The molecule has 0 saturated carbocycles. The van der Waals surface area contributed by atoms with Crippen LogP contribution in [0, 0.1) is 11.6 Å². The molecule has 0 unspecified atom stereocenters. The van der Waals surface area contributed by atoms with E-state index in [1.165, 1.54) is 12.3 Å². The number of nitrogens with zero attached hydrogens (tertiary/aromatic N) is 1. The summed E-state index contributed by atoms with van der Waals surface area (Å²) in [5.41, 5.74) is 7.80. The van der Waals surface area contributed by atoms with Crippen molar-refractivity contribution in [3.05, 3.63) is 29.3 Å². The van der Waals surface area contributed by atoms with Gasteiger partial charge in [-0.3, -0.25) is 5.43 Å². The predicted octanol–water partition coefficient (Wildman–Crippen LogP) is 1.92. The lowest BCUT2D eigenvalue weighted by molar-refractivity contribution is 0.295. The summed E-state index contributed by atoms with van der Waals surface area (Å²) in [5, 5.41) is 3.63. The van der Waals surface area contributed by atoms with Crippen LogP contribution >= 0.6 is 12.2 Å². The minimum Gasteiger partial charge on any atom is -0.490 e. The topological polar surface area (TPSA) is 59.6 Å². The fourth-order valence-corrected chi connectivity index (χ4v) is 1.20. The lowest BCUT2D eigenvalue weighted by atomic mass is 10.2. The van der Waals surface area contributed by atoms with E-state index in [0.29, 0.717) is 18.6 Å². The smallest absolute Gasteiger partial charge is 0.200 e. The van der Waals surface area contributed by atoms with Crippen molar-refractivity contribution in [1.82, 2.24) is 5.43 Å². The normalized spacial score (nSPS) is 10.6. The van der Waals surface area contributed by atoms with E-state index in [-0.39, 0.29) is 10.9 Å². The lowest BCUT2D eigenvalue weighted by Gasteiger charge is -2.07. The van der Waals surface area contributed by atoms with E-state index < -0.39 is 11.6 Å². The largest absolute Gasteiger partial charge is 0.490 e. The van der Waals surface area contributed by atoms with Gasteiger partial charge in [-0.2, -0.15) is 9.49 Å². The van der Waals surface area contributed by atoms with Gasteiger partial charge in [0.1, 0.15) is 0 Å². The molecule has 0 radical (unpaired) electrons. The van der Waals surface area contributed by atoms with Crippen molar-refractivity contribution in [1.29, 1.82) is 0 Å². The second-order valence-corrected chi connectivity index (χ2v) is 3.84. The molecule has 4 nitrogen and oxygen atoms in total. The lowest BCUT2D eigenvalue weighted by Crippen LogP contribution is -2.24. The molecular formula is C11H13F2N3OS. The van der Waals surface area contributed by atoms with Gasteiger partial charge in [-0.25, -0.2) is 4.39 Å². The summed E-state index contributed by atoms with van der Waals surface area (Å²) in [4.78, 5) is 0. The highest BCUT2D eigenvalue weighted by molar-refractivity contribution is 7.80. The molecule has 1 rings (SSSR count). The van der Waals surface area contributed by atoms with Gasteiger partial charge in [-0.15, -0.1) is 0 Å². The molecule has 1 aromatic carbocycles. The third kappa shape index (κ3) is 4.25. The van der Waals surface area contributed by atoms with Gasteiger partial charge < -0.3 is 10.5 Å². The molecule has 3 N–H and O–H groups in total. The summed E-state index contributed by atoms with van der Waals surface area (Å²) >= 11 is 4.53. The van der Waals surface area contributed by atoms with E-state index >= 15 is 0 Å². The summed E-state index contributed by atoms with van der Waals surface area (Å²) in [6.07, 6.45) is 1.96. The summed E-state index contributed by atoms with van der Waals surface area (Å²) in [7, 11) is 0. The van der Waals surface area contributed by atoms with E-state index in [0.717, 1.165) is 6.07 Å². The SMILES string of the molecule is CCCOc1cc(C=NNC(N)=S)cc(F)c1F. The Bertz CT molecular complexity index is 466. The van der Waals surface area contributed by atoms with Crippen LogP contribution in [0.2, 0.25) is 0 Å². The maximum Gasteiger partial charge on any atom is 0.200 e. The summed E-state index contributed by atoms with van der Waals surface area (Å²) in [5.74, 6) is -2.16. The van der Waals surface area contributed by atoms with Gasteiger partial charge in [0.25, 0.3) is 0 Å². The number of thiocarbonyl (C=S) groups is 1. The van der Waals surface area contributed by atoms with Crippen LogP contribution in [0.5, 0.6) is 5.75 Å². The molecule has 0 atom stereocenters. The molecule has 0 aliphatic carbocycles. The van der Waals surface area contributed by atoms with Gasteiger partial charge in [0.15, 0.2) is 16.7 Å². The molecule has 0 amide bonds. The van der Waals surface area contributed by atoms with Crippen LogP contribution in [-0.4, -0.2) is 17.9 Å². The molecule has 1 aromatic rings. The van der Waals surface area contributed by atoms with Gasteiger partial charge in [0, 0.05) is 5.56 Å². The van der Waals surface area contributed by atoms with Gasteiger partial charge in [-0.05, 0) is 30.8 Å². The second kappa shape index (κ2) is 6.85. The average molecular weight is 273 g/mol. The van der Waals surface area contributed by atoms with Gasteiger partial charge >= 0.3 is 0 Å². The summed E-state index contributed by atoms with van der Waals surface area (Å²) < 4.78 is 31.7. The maximum atomic E-state index is 13.4.